The highest BCUT2D eigenvalue weighted by atomic mass is 16.1. The third kappa shape index (κ3) is 2.21. The van der Waals surface area contributed by atoms with Crippen LogP contribution in [0.15, 0.2) is 36.5 Å². The molecule has 2 nitrogen and oxygen atoms in total. The van der Waals surface area contributed by atoms with E-state index in [1.165, 1.54) is 10.9 Å². The van der Waals surface area contributed by atoms with E-state index in [1.54, 1.807) is 0 Å². The molecule has 1 heterocycles. The number of hydrogen-bond acceptors (Lipinski definition) is 2. The predicted molar refractivity (Wildman–Crippen MR) is 67.8 cm³/mol. The van der Waals surface area contributed by atoms with Crippen LogP contribution >= 0.6 is 0 Å². The Morgan fingerprint density at radius 2 is 2.12 bits per heavy atom. The molecule has 1 fully saturated rings. The summed E-state index contributed by atoms with van der Waals surface area (Å²) < 4.78 is 0. The Bertz CT molecular complexity index is 552. The van der Waals surface area contributed by atoms with Crippen molar-refractivity contribution in [3.63, 3.8) is 0 Å². The fraction of sp³-hybridized carbons (Fsp3) is 0.333. The van der Waals surface area contributed by atoms with Gasteiger partial charge in [0, 0.05) is 23.9 Å². The van der Waals surface area contributed by atoms with Crippen LogP contribution in [0, 0.1) is 5.92 Å². The van der Waals surface area contributed by atoms with E-state index in [-0.39, 0.29) is 0 Å². The quantitative estimate of drug-likeness (QED) is 0.800. The normalized spacial score (nSPS) is 15.1. The standard InChI is InChI=1S/C15H15NO/c17-15(12-6-7-12)9-8-11-3-1-5-14-13(11)4-2-10-16-14/h1-5,10,12H,6-9H2. The van der Waals surface area contributed by atoms with Crippen molar-refractivity contribution in [1.82, 2.24) is 4.98 Å². The lowest BCUT2D eigenvalue weighted by Gasteiger charge is -2.05. The van der Waals surface area contributed by atoms with E-state index in [0.29, 0.717) is 18.1 Å². The first-order valence-corrected chi connectivity index (χ1v) is 6.20. The van der Waals surface area contributed by atoms with E-state index < -0.39 is 0 Å². The summed E-state index contributed by atoms with van der Waals surface area (Å²) in [5.74, 6) is 0.814. The minimum Gasteiger partial charge on any atom is -0.299 e. The molecular weight excluding hydrogens is 210 g/mol. The molecule has 1 aromatic heterocycles. The van der Waals surface area contributed by atoms with Gasteiger partial charge in [0.1, 0.15) is 5.78 Å². The number of benzene rings is 1. The van der Waals surface area contributed by atoms with E-state index in [2.05, 4.69) is 17.1 Å². The van der Waals surface area contributed by atoms with Gasteiger partial charge in [-0.05, 0) is 37.0 Å². The first-order chi connectivity index (χ1) is 8.34. The molecule has 0 bridgehead atoms. The number of carbonyl (C=O) groups is 1. The average Bonchev–Trinajstić information content (AvgIpc) is 3.20. The maximum Gasteiger partial charge on any atom is 0.136 e. The SMILES string of the molecule is O=C(CCc1cccc2ncccc12)C1CC1. The highest BCUT2D eigenvalue weighted by molar-refractivity contribution is 5.85. The van der Waals surface area contributed by atoms with Crippen LogP contribution in [-0.2, 0) is 11.2 Å². The van der Waals surface area contributed by atoms with Crippen LogP contribution in [0.25, 0.3) is 10.9 Å². The zero-order valence-corrected chi connectivity index (χ0v) is 9.73. The number of fused-ring (bicyclic) bond motifs is 1. The monoisotopic (exact) mass is 225 g/mol. The second-order valence-electron chi connectivity index (χ2n) is 4.73. The van der Waals surface area contributed by atoms with Crippen LogP contribution in [-0.4, -0.2) is 10.8 Å². The Morgan fingerprint density at radius 3 is 2.94 bits per heavy atom. The van der Waals surface area contributed by atoms with E-state index in [9.17, 15) is 4.79 Å². The summed E-state index contributed by atoms with van der Waals surface area (Å²) >= 11 is 0. The number of rotatable bonds is 4. The molecule has 0 amide bonds. The molecule has 2 heteroatoms. The third-order valence-electron chi connectivity index (χ3n) is 3.41. The lowest BCUT2D eigenvalue weighted by Crippen LogP contribution is -2.02. The minimum atomic E-state index is 0.378. The molecule has 0 aliphatic heterocycles. The van der Waals surface area contributed by atoms with Gasteiger partial charge >= 0.3 is 0 Å². The minimum absolute atomic E-state index is 0.378. The molecule has 17 heavy (non-hydrogen) atoms. The topological polar surface area (TPSA) is 30.0 Å². The van der Waals surface area contributed by atoms with Crippen LogP contribution in [0.5, 0.6) is 0 Å². The highest BCUT2D eigenvalue weighted by Gasteiger charge is 2.28. The van der Waals surface area contributed by atoms with Gasteiger partial charge in [0.05, 0.1) is 5.52 Å². The van der Waals surface area contributed by atoms with Crippen LogP contribution in [0.2, 0.25) is 0 Å². The molecular formula is C15H15NO. The highest BCUT2D eigenvalue weighted by Crippen LogP contribution is 2.31. The van der Waals surface area contributed by atoms with Gasteiger partial charge in [-0.3, -0.25) is 9.78 Å². The molecule has 0 N–H and O–H groups in total. The second-order valence-corrected chi connectivity index (χ2v) is 4.73. The summed E-state index contributed by atoms with van der Waals surface area (Å²) in [6.07, 6.45) is 5.55. The van der Waals surface area contributed by atoms with Gasteiger partial charge in [-0.1, -0.05) is 18.2 Å². The first-order valence-electron chi connectivity index (χ1n) is 6.20. The fourth-order valence-corrected chi connectivity index (χ4v) is 2.25. The Balaban J connectivity index is 1.82. The summed E-state index contributed by atoms with van der Waals surface area (Å²) in [6.45, 7) is 0. The summed E-state index contributed by atoms with van der Waals surface area (Å²) in [7, 11) is 0. The molecule has 0 radical (unpaired) electrons. The van der Waals surface area contributed by atoms with E-state index in [1.807, 2.05) is 24.4 Å². The Morgan fingerprint density at radius 1 is 1.24 bits per heavy atom. The molecule has 0 atom stereocenters. The zero-order valence-electron chi connectivity index (χ0n) is 9.73. The number of Topliss-reactive ketones (excluding diaryl/α,β-unsaturated/α-hetero) is 1. The van der Waals surface area contributed by atoms with Crippen molar-refractivity contribution in [2.45, 2.75) is 25.7 Å². The average molecular weight is 225 g/mol. The number of aryl methyl sites for hydroxylation is 1. The number of nitrogens with zero attached hydrogens (tertiary/aromatic N) is 1. The molecule has 0 unspecified atom stereocenters. The number of ketones is 1. The molecule has 86 valence electrons. The van der Waals surface area contributed by atoms with Crippen LogP contribution < -0.4 is 0 Å². The molecule has 3 rings (SSSR count). The van der Waals surface area contributed by atoms with Gasteiger partial charge in [0.25, 0.3) is 0 Å². The maximum atomic E-state index is 11.7. The van der Waals surface area contributed by atoms with Crippen LogP contribution in [0.3, 0.4) is 0 Å². The van der Waals surface area contributed by atoms with Crippen molar-refractivity contribution in [1.29, 1.82) is 0 Å². The molecule has 2 aromatic rings. The van der Waals surface area contributed by atoms with Gasteiger partial charge in [0.15, 0.2) is 0 Å². The van der Waals surface area contributed by atoms with Gasteiger partial charge in [0.2, 0.25) is 0 Å². The van der Waals surface area contributed by atoms with Gasteiger partial charge < -0.3 is 0 Å². The number of aromatic nitrogens is 1. The summed E-state index contributed by atoms with van der Waals surface area (Å²) in [5.41, 5.74) is 2.26. The molecule has 1 aliphatic carbocycles. The Kier molecular flexibility index (Phi) is 2.63. The molecule has 1 aliphatic rings. The Hall–Kier alpha value is -1.70. The largest absolute Gasteiger partial charge is 0.299 e. The van der Waals surface area contributed by atoms with Crippen molar-refractivity contribution in [2.75, 3.05) is 0 Å². The first kappa shape index (κ1) is 10.5. The van der Waals surface area contributed by atoms with E-state index in [4.69, 9.17) is 0 Å². The van der Waals surface area contributed by atoms with E-state index in [0.717, 1.165) is 24.8 Å². The summed E-state index contributed by atoms with van der Waals surface area (Å²) in [4.78, 5) is 16.0. The second kappa shape index (κ2) is 4.28. The van der Waals surface area contributed by atoms with Gasteiger partial charge in [-0.2, -0.15) is 0 Å². The number of carbonyl (C=O) groups excluding carboxylic acids is 1. The number of hydrogen-bond donors (Lipinski definition) is 0. The zero-order chi connectivity index (χ0) is 11.7. The van der Waals surface area contributed by atoms with Crippen LogP contribution in [0.1, 0.15) is 24.8 Å². The van der Waals surface area contributed by atoms with Crippen molar-refractivity contribution in [3.05, 3.63) is 42.1 Å². The lowest BCUT2D eigenvalue weighted by molar-refractivity contribution is -0.120. The molecule has 0 spiro atoms. The molecule has 1 saturated carbocycles. The van der Waals surface area contributed by atoms with Gasteiger partial charge in [-0.25, -0.2) is 0 Å². The van der Waals surface area contributed by atoms with Crippen LogP contribution in [0.4, 0.5) is 0 Å². The third-order valence-corrected chi connectivity index (χ3v) is 3.41. The van der Waals surface area contributed by atoms with Gasteiger partial charge in [-0.15, -0.1) is 0 Å². The predicted octanol–water partition coefficient (Wildman–Crippen LogP) is 3.15. The van der Waals surface area contributed by atoms with Crippen molar-refractivity contribution >= 4 is 16.7 Å². The number of pyridine rings is 1. The van der Waals surface area contributed by atoms with Crippen molar-refractivity contribution in [3.8, 4) is 0 Å². The summed E-state index contributed by atoms with van der Waals surface area (Å²) in [6, 6.07) is 10.2. The molecule has 0 saturated heterocycles. The smallest absolute Gasteiger partial charge is 0.136 e. The van der Waals surface area contributed by atoms with Crippen molar-refractivity contribution in [2.24, 2.45) is 5.92 Å². The molecule has 1 aromatic carbocycles. The Labute approximate surface area is 101 Å². The maximum absolute atomic E-state index is 11.7. The fourth-order valence-electron chi connectivity index (χ4n) is 2.25. The van der Waals surface area contributed by atoms with Crippen molar-refractivity contribution < 1.29 is 4.79 Å². The lowest BCUT2D eigenvalue weighted by atomic mass is 10.0. The van der Waals surface area contributed by atoms with E-state index >= 15 is 0 Å². The summed E-state index contributed by atoms with van der Waals surface area (Å²) in [5, 5.41) is 1.18.